The third kappa shape index (κ3) is 6.65. The highest BCUT2D eigenvalue weighted by molar-refractivity contribution is 7.13. The van der Waals surface area contributed by atoms with E-state index in [9.17, 15) is 9.90 Å². The highest BCUT2D eigenvalue weighted by Gasteiger charge is 2.15. The number of nitrogens with zero attached hydrogens (tertiary/aromatic N) is 2. The van der Waals surface area contributed by atoms with E-state index < -0.39 is 5.60 Å². The van der Waals surface area contributed by atoms with Crippen molar-refractivity contribution in [2.24, 2.45) is 4.99 Å². The van der Waals surface area contributed by atoms with Gasteiger partial charge in [-0.05, 0) is 38.5 Å². The number of aliphatic hydroxyl groups is 1. The molecule has 0 aliphatic carbocycles. The van der Waals surface area contributed by atoms with Crippen molar-refractivity contribution in [3.8, 4) is 21.7 Å². The quantitative estimate of drug-likeness (QED) is 0.215. The summed E-state index contributed by atoms with van der Waals surface area (Å²) in [5, 5.41) is 15.7. The number of nitrogens with one attached hydrogen (secondary N) is 1. The van der Waals surface area contributed by atoms with Crippen molar-refractivity contribution >= 4 is 34.8 Å². The molecule has 2 aromatic carbocycles. The number of rotatable bonds is 9. The number of nitrogen functional groups attached to an aromatic ring is 1. The second kappa shape index (κ2) is 10.7. The van der Waals surface area contributed by atoms with Crippen LogP contribution in [0.4, 0.5) is 11.4 Å². The molecule has 0 saturated carbocycles. The lowest BCUT2D eigenvalue weighted by molar-refractivity contribution is -0.115. The molecular formula is C27H28N4O3S. The van der Waals surface area contributed by atoms with Crippen LogP contribution in [-0.4, -0.2) is 34.4 Å². The first-order valence-corrected chi connectivity index (χ1v) is 12.1. The number of amides is 1. The molecule has 4 aromatic rings. The molecule has 35 heavy (non-hydrogen) atoms. The second-order valence-corrected chi connectivity index (χ2v) is 9.73. The summed E-state index contributed by atoms with van der Waals surface area (Å²) in [5.74, 6) is -0.186. The van der Waals surface area contributed by atoms with Gasteiger partial charge in [-0.3, -0.25) is 9.79 Å². The maximum Gasteiger partial charge on any atom is 0.230 e. The topological polar surface area (TPSA) is 114 Å². The summed E-state index contributed by atoms with van der Waals surface area (Å²) in [6.07, 6.45) is 5.52. The van der Waals surface area contributed by atoms with Gasteiger partial charge in [-0.1, -0.05) is 30.3 Å². The van der Waals surface area contributed by atoms with Crippen LogP contribution in [-0.2, 0) is 11.2 Å². The number of carbonyl (C=O) groups excluding carboxylic acids is 1. The Morgan fingerprint density at radius 2 is 2.03 bits per heavy atom. The highest BCUT2D eigenvalue weighted by atomic mass is 32.1. The van der Waals surface area contributed by atoms with Gasteiger partial charge in [-0.15, -0.1) is 11.3 Å². The van der Waals surface area contributed by atoms with Gasteiger partial charge in [0.1, 0.15) is 5.01 Å². The van der Waals surface area contributed by atoms with Crippen molar-refractivity contribution in [3.05, 3.63) is 77.7 Å². The molecule has 2 heterocycles. The Kier molecular flexibility index (Phi) is 7.43. The molecule has 0 aliphatic rings. The van der Waals surface area contributed by atoms with Crippen molar-refractivity contribution in [2.75, 3.05) is 17.6 Å². The van der Waals surface area contributed by atoms with Crippen LogP contribution in [0.5, 0.6) is 0 Å². The van der Waals surface area contributed by atoms with E-state index in [-0.39, 0.29) is 12.3 Å². The lowest BCUT2D eigenvalue weighted by Gasteiger charge is -2.15. The summed E-state index contributed by atoms with van der Waals surface area (Å²) in [4.78, 5) is 22.0. The van der Waals surface area contributed by atoms with Gasteiger partial charge < -0.3 is 20.6 Å². The molecule has 1 amide bonds. The van der Waals surface area contributed by atoms with Gasteiger partial charge in [0, 0.05) is 51.8 Å². The minimum atomic E-state index is -0.788. The Labute approximate surface area is 208 Å². The Morgan fingerprint density at radius 1 is 1.23 bits per heavy atom. The lowest BCUT2D eigenvalue weighted by Crippen LogP contribution is -2.19. The highest BCUT2D eigenvalue weighted by Crippen LogP contribution is 2.33. The van der Waals surface area contributed by atoms with E-state index in [1.54, 1.807) is 44.7 Å². The van der Waals surface area contributed by atoms with Crippen molar-refractivity contribution in [1.82, 2.24) is 4.98 Å². The van der Waals surface area contributed by atoms with Gasteiger partial charge in [0.05, 0.1) is 30.2 Å². The molecule has 0 unspecified atom stereocenters. The Hall–Kier alpha value is -3.75. The molecule has 0 bridgehead atoms. The fourth-order valence-electron chi connectivity index (χ4n) is 3.47. The SMILES string of the molecule is CC(C)(O)CCN=Cc1cc(NC(=O)Cc2csc(-c3ccccc3)n2)c(-c2ccoc2)cc1N. The molecule has 2 aromatic heterocycles. The summed E-state index contributed by atoms with van der Waals surface area (Å²) in [5.41, 5.74) is 10.6. The zero-order valence-electron chi connectivity index (χ0n) is 19.7. The van der Waals surface area contributed by atoms with E-state index in [1.165, 1.54) is 11.3 Å². The minimum absolute atomic E-state index is 0.146. The predicted octanol–water partition coefficient (Wildman–Crippen LogP) is 5.41. The smallest absolute Gasteiger partial charge is 0.230 e. The molecule has 0 aliphatic heterocycles. The van der Waals surface area contributed by atoms with E-state index in [2.05, 4.69) is 15.3 Å². The average Bonchev–Trinajstić information content (AvgIpc) is 3.51. The van der Waals surface area contributed by atoms with Gasteiger partial charge >= 0.3 is 0 Å². The first-order chi connectivity index (χ1) is 16.8. The van der Waals surface area contributed by atoms with Crippen molar-refractivity contribution < 1.29 is 14.3 Å². The number of aromatic nitrogens is 1. The van der Waals surface area contributed by atoms with Gasteiger partial charge in [0.2, 0.25) is 5.91 Å². The average molecular weight is 489 g/mol. The number of benzene rings is 2. The predicted molar refractivity (Wildman–Crippen MR) is 142 cm³/mol. The molecular weight excluding hydrogens is 460 g/mol. The zero-order valence-corrected chi connectivity index (χ0v) is 20.5. The summed E-state index contributed by atoms with van der Waals surface area (Å²) in [6.45, 7) is 3.95. The van der Waals surface area contributed by atoms with Crippen LogP contribution in [0.15, 0.2) is 75.8 Å². The Balaban J connectivity index is 1.53. The third-order valence-electron chi connectivity index (χ3n) is 5.33. The molecule has 4 N–H and O–H groups in total. The summed E-state index contributed by atoms with van der Waals surface area (Å²) < 4.78 is 5.24. The zero-order chi connectivity index (χ0) is 24.8. The lowest BCUT2D eigenvalue weighted by atomic mass is 10.0. The molecule has 0 fully saturated rings. The Bertz CT molecular complexity index is 1310. The van der Waals surface area contributed by atoms with E-state index >= 15 is 0 Å². The number of thiazole rings is 1. The number of anilines is 2. The molecule has 180 valence electrons. The van der Waals surface area contributed by atoms with Crippen LogP contribution in [0, 0.1) is 0 Å². The Morgan fingerprint density at radius 3 is 2.74 bits per heavy atom. The minimum Gasteiger partial charge on any atom is -0.472 e. The number of hydrogen-bond donors (Lipinski definition) is 3. The van der Waals surface area contributed by atoms with Crippen LogP contribution in [0.1, 0.15) is 31.5 Å². The second-order valence-electron chi connectivity index (χ2n) is 8.87. The number of nitrogens with two attached hydrogens (primary N) is 1. The van der Waals surface area contributed by atoms with Crippen LogP contribution in [0.3, 0.4) is 0 Å². The monoisotopic (exact) mass is 488 g/mol. The van der Waals surface area contributed by atoms with Crippen LogP contribution < -0.4 is 11.1 Å². The van der Waals surface area contributed by atoms with Crippen LogP contribution in [0.2, 0.25) is 0 Å². The standard InChI is InChI=1S/C27H28N4O3S/c1-27(2,33)9-10-29-15-20-12-24(22(14-23(20)28)19-8-11-34-16-19)31-25(32)13-21-17-35-26(30-21)18-6-4-3-5-7-18/h3-8,11-12,14-17,33H,9-10,13,28H2,1-2H3,(H,31,32). The van der Waals surface area contributed by atoms with Gasteiger partial charge in [-0.2, -0.15) is 0 Å². The number of hydrogen-bond acceptors (Lipinski definition) is 7. The molecule has 0 spiro atoms. The maximum absolute atomic E-state index is 13.0. The van der Waals surface area contributed by atoms with Crippen LogP contribution in [0.25, 0.3) is 21.7 Å². The molecule has 0 atom stereocenters. The number of furan rings is 1. The number of aliphatic imine (C=N–C) groups is 1. The molecule has 4 rings (SSSR count). The molecule has 0 saturated heterocycles. The van der Waals surface area contributed by atoms with E-state index in [1.807, 2.05) is 41.8 Å². The van der Waals surface area contributed by atoms with Crippen LogP contribution >= 0.6 is 11.3 Å². The number of carbonyl (C=O) groups is 1. The first kappa shape index (κ1) is 24.4. The van der Waals surface area contributed by atoms with E-state index in [0.717, 1.165) is 21.7 Å². The molecule has 8 heteroatoms. The van der Waals surface area contributed by atoms with E-state index in [0.29, 0.717) is 35.6 Å². The third-order valence-corrected chi connectivity index (χ3v) is 6.27. The van der Waals surface area contributed by atoms with E-state index in [4.69, 9.17) is 10.2 Å². The van der Waals surface area contributed by atoms with Crippen molar-refractivity contribution in [3.63, 3.8) is 0 Å². The van der Waals surface area contributed by atoms with Crippen molar-refractivity contribution in [1.29, 1.82) is 0 Å². The van der Waals surface area contributed by atoms with Gasteiger partial charge in [0.15, 0.2) is 0 Å². The summed E-state index contributed by atoms with van der Waals surface area (Å²) >= 11 is 1.51. The summed E-state index contributed by atoms with van der Waals surface area (Å²) in [6, 6.07) is 15.3. The largest absolute Gasteiger partial charge is 0.472 e. The fraction of sp³-hybridized carbons (Fsp3) is 0.222. The van der Waals surface area contributed by atoms with Gasteiger partial charge in [-0.25, -0.2) is 4.98 Å². The maximum atomic E-state index is 13.0. The summed E-state index contributed by atoms with van der Waals surface area (Å²) in [7, 11) is 0. The normalized spacial score (nSPS) is 11.7. The van der Waals surface area contributed by atoms with Gasteiger partial charge in [0.25, 0.3) is 0 Å². The van der Waals surface area contributed by atoms with Crippen molar-refractivity contribution in [2.45, 2.75) is 32.3 Å². The fourth-order valence-corrected chi connectivity index (χ4v) is 4.29. The molecule has 7 nitrogen and oxygen atoms in total. The first-order valence-electron chi connectivity index (χ1n) is 11.3. The molecule has 0 radical (unpaired) electrons.